The van der Waals surface area contributed by atoms with Crippen molar-refractivity contribution >= 4 is 11.7 Å². The molecule has 2 rings (SSSR count). The molecule has 0 radical (unpaired) electrons. The molecule has 1 aromatic carbocycles. The van der Waals surface area contributed by atoms with Crippen molar-refractivity contribution in [2.24, 2.45) is 0 Å². The van der Waals surface area contributed by atoms with Crippen LogP contribution in [-0.2, 0) is 0 Å². The molecule has 0 unspecified atom stereocenters. The number of methoxy groups -OCH3 is 1. The van der Waals surface area contributed by atoms with E-state index in [4.69, 9.17) is 9.47 Å². The summed E-state index contributed by atoms with van der Waals surface area (Å²) in [6, 6.07) is 12.0. The fraction of sp³-hybridized carbons (Fsp3) is 0.250. The summed E-state index contributed by atoms with van der Waals surface area (Å²) in [5, 5.41) is 15.0. The van der Waals surface area contributed by atoms with Crippen LogP contribution in [0.3, 0.4) is 0 Å². The third-order valence-electron chi connectivity index (χ3n) is 2.90. The van der Waals surface area contributed by atoms with Gasteiger partial charge in [-0.3, -0.25) is 0 Å². The smallest absolute Gasteiger partial charge is 0.319 e. The Balaban J connectivity index is 1.73. The van der Waals surface area contributed by atoms with E-state index in [1.54, 1.807) is 30.5 Å². The quantitative estimate of drug-likeness (QED) is 0.722. The normalized spacial score (nSPS) is 11.4. The van der Waals surface area contributed by atoms with Gasteiger partial charge in [0.1, 0.15) is 24.1 Å². The second-order valence-corrected chi connectivity index (χ2v) is 4.67. The highest BCUT2D eigenvalue weighted by Gasteiger charge is 2.10. The van der Waals surface area contributed by atoms with Gasteiger partial charge in [-0.15, -0.1) is 0 Å². The number of amides is 2. The molecule has 0 aliphatic heterocycles. The van der Waals surface area contributed by atoms with Crippen LogP contribution in [-0.4, -0.2) is 42.5 Å². The molecule has 0 fully saturated rings. The standard InChI is InChI=1S/C16H19N3O4/c1-22-15-14(8-5-9-17-15)19-16(21)18-10-12(20)11-23-13-6-3-2-4-7-13/h2-9,12,20H,10-11H2,1H3,(H2,18,19,21)/t12-/m0/s1. The topological polar surface area (TPSA) is 92.7 Å². The van der Waals surface area contributed by atoms with Crippen molar-refractivity contribution in [3.8, 4) is 11.6 Å². The molecule has 7 heteroatoms. The molecule has 0 bridgehead atoms. The van der Waals surface area contributed by atoms with E-state index in [9.17, 15) is 9.90 Å². The Bertz CT molecular complexity index is 622. The fourth-order valence-electron chi connectivity index (χ4n) is 1.79. The van der Waals surface area contributed by atoms with Gasteiger partial charge in [0.05, 0.1) is 7.11 Å². The summed E-state index contributed by atoms with van der Waals surface area (Å²) in [5.74, 6) is 0.978. The van der Waals surface area contributed by atoms with Gasteiger partial charge in [-0.1, -0.05) is 18.2 Å². The Labute approximate surface area is 134 Å². The van der Waals surface area contributed by atoms with Crippen molar-refractivity contribution < 1.29 is 19.4 Å². The number of hydrogen-bond donors (Lipinski definition) is 3. The van der Waals surface area contributed by atoms with E-state index in [0.717, 1.165) is 0 Å². The average molecular weight is 317 g/mol. The lowest BCUT2D eigenvalue weighted by Gasteiger charge is -2.14. The first-order chi connectivity index (χ1) is 11.2. The molecule has 0 aliphatic rings. The number of rotatable bonds is 7. The second kappa shape index (κ2) is 8.60. The highest BCUT2D eigenvalue weighted by molar-refractivity contribution is 5.90. The average Bonchev–Trinajstić information content (AvgIpc) is 2.59. The molecule has 3 N–H and O–H groups in total. The predicted octanol–water partition coefficient (Wildman–Crippen LogP) is 1.65. The van der Waals surface area contributed by atoms with Gasteiger partial charge in [0.25, 0.3) is 0 Å². The molecular weight excluding hydrogens is 298 g/mol. The number of para-hydroxylation sites is 1. The zero-order chi connectivity index (χ0) is 16.5. The summed E-state index contributed by atoms with van der Waals surface area (Å²) >= 11 is 0. The molecule has 0 spiro atoms. The van der Waals surface area contributed by atoms with Gasteiger partial charge in [0.2, 0.25) is 5.88 Å². The molecule has 7 nitrogen and oxygen atoms in total. The second-order valence-electron chi connectivity index (χ2n) is 4.67. The number of nitrogens with one attached hydrogen (secondary N) is 2. The number of ether oxygens (including phenoxy) is 2. The maximum Gasteiger partial charge on any atom is 0.319 e. The van der Waals surface area contributed by atoms with Crippen molar-refractivity contribution in [2.75, 3.05) is 25.6 Å². The van der Waals surface area contributed by atoms with Gasteiger partial charge in [-0.25, -0.2) is 9.78 Å². The lowest BCUT2D eigenvalue weighted by atomic mass is 10.3. The minimum atomic E-state index is -0.822. The number of aliphatic hydroxyl groups is 1. The number of carbonyl (C=O) groups is 1. The molecule has 0 saturated heterocycles. The first-order valence-corrected chi connectivity index (χ1v) is 7.09. The Morgan fingerprint density at radius 2 is 2.04 bits per heavy atom. The summed E-state index contributed by atoms with van der Waals surface area (Å²) in [6.07, 6.45) is 0.740. The molecule has 23 heavy (non-hydrogen) atoms. The number of benzene rings is 1. The van der Waals surface area contributed by atoms with Gasteiger partial charge in [0, 0.05) is 12.7 Å². The van der Waals surface area contributed by atoms with E-state index < -0.39 is 12.1 Å². The van der Waals surface area contributed by atoms with Crippen molar-refractivity contribution in [1.82, 2.24) is 10.3 Å². The number of anilines is 1. The van der Waals surface area contributed by atoms with E-state index in [0.29, 0.717) is 17.3 Å². The van der Waals surface area contributed by atoms with Gasteiger partial charge in [-0.2, -0.15) is 0 Å². The van der Waals surface area contributed by atoms with Crippen molar-refractivity contribution in [3.63, 3.8) is 0 Å². The first-order valence-electron chi connectivity index (χ1n) is 7.09. The number of pyridine rings is 1. The molecule has 1 atom stereocenters. The zero-order valence-corrected chi connectivity index (χ0v) is 12.7. The SMILES string of the molecule is COc1ncccc1NC(=O)NC[C@H](O)COc1ccccc1. The summed E-state index contributed by atoms with van der Waals surface area (Å²) in [5.41, 5.74) is 0.447. The summed E-state index contributed by atoms with van der Waals surface area (Å²) < 4.78 is 10.4. The molecule has 1 aromatic heterocycles. The molecule has 1 heterocycles. The van der Waals surface area contributed by atoms with Gasteiger partial charge < -0.3 is 25.2 Å². The number of aromatic nitrogens is 1. The van der Waals surface area contributed by atoms with Gasteiger partial charge >= 0.3 is 6.03 Å². The monoisotopic (exact) mass is 317 g/mol. The highest BCUT2D eigenvalue weighted by Crippen LogP contribution is 2.19. The number of aliphatic hydroxyl groups excluding tert-OH is 1. The third kappa shape index (κ3) is 5.48. The van der Waals surface area contributed by atoms with E-state index >= 15 is 0 Å². The Morgan fingerprint density at radius 3 is 2.78 bits per heavy atom. The maximum absolute atomic E-state index is 11.8. The van der Waals surface area contributed by atoms with Crippen molar-refractivity contribution in [1.29, 1.82) is 0 Å². The van der Waals surface area contributed by atoms with Crippen LogP contribution < -0.4 is 20.1 Å². The summed E-state index contributed by atoms with van der Waals surface area (Å²) in [6.45, 7) is 0.141. The van der Waals surface area contributed by atoms with Crippen LogP contribution in [0.2, 0.25) is 0 Å². The van der Waals surface area contributed by atoms with E-state index in [1.165, 1.54) is 7.11 Å². The van der Waals surface area contributed by atoms with E-state index in [2.05, 4.69) is 15.6 Å². The van der Waals surface area contributed by atoms with E-state index in [1.807, 2.05) is 18.2 Å². The predicted molar refractivity (Wildman–Crippen MR) is 85.8 cm³/mol. The van der Waals surface area contributed by atoms with Crippen molar-refractivity contribution in [2.45, 2.75) is 6.10 Å². The molecule has 0 aliphatic carbocycles. The van der Waals surface area contributed by atoms with Crippen LogP contribution in [0.25, 0.3) is 0 Å². The molecular formula is C16H19N3O4. The van der Waals surface area contributed by atoms with Crippen LogP contribution in [0.4, 0.5) is 10.5 Å². The molecule has 2 aromatic rings. The third-order valence-corrected chi connectivity index (χ3v) is 2.90. The molecule has 2 amide bonds. The number of urea groups is 1. The Kier molecular flexibility index (Phi) is 6.19. The Hall–Kier alpha value is -2.80. The van der Waals surface area contributed by atoms with Crippen molar-refractivity contribution in [3.05, 3.63) is 48.7 Å². The first kappa shape index (κ1) is 16.6. The van der Waals surface area contributed by atoms with Gasteiger partial charge in [-0.05, 0) is 24.3 Å². The number of carbonyl (C=O) groups excluding carboxylic acids is 1. The van der Waals surface area contributed by atoms with Crippen LogP contribution in [0.15, 0.2) is 48.7 Å². The van der Waals surface area contributed by atoms with Crippen LogP contribution >= 0.6 is 0 Å². The molecule has 0 saturated carbocycles. The minimum absolute atomic E-state index is 0.0568. The summed E-state index contributed by atoms with van der Waals surface area (Å²) in [7, 11) is 1.47. The minimum Gasteiger partial charge on any atom is -0.491 e. The summed E-state index contributed by atoms with van der Waals surface area (Å²) in [4.78, 5) is 15.8. The highest BCUT2D eigenvalue weighted by atomic mass is 16.5. The van der Waals surface area contributed by atoms with E-state index in [-0.39, 0.29) is 13.2 Å². The maximum atomic E-state index is 11.8. The molecule has 122 valence electrons. The van der Waals surface area contributed by atoms with Gasteiger partial charge in [0.15, 0.2) is 0 Å². The fourth-order valence-corrected chi connectivity index (χ4v) is 1.79. The number of hydrogen-bond acceptors (Lipinski definition) is 5. The Morgan fingerprint density at radius 1 is 1.26 bits per heavy atom. The zero-order valence-electron chi connectivity index (χ0n) is 12.7. The number of nitrogens with zero attached hydrogens (tertiary/aromatic N) is 1. The lowest BCUT2D eigenvalue weighted by molar-refractivity contribution is 0.108. The van der Waals surface area contributed by atoms with Crippen LogP contribution in [0, 0.1) is 0 Å². The van der Waals surface area contributed by atoms with Crippen LogP contribution in [0.1, 0.15) is 0 Å². The largest absolute Gasteiger partial charge is 0.491 e. The van der Waals surface area contributed by atoms with Crippen LogP contribution in [0.5, 0.6) is 11.6 Å². The lowest BCUT2D eigenvalue weighted by Crippen LogP contribution is -2.37.